The van der Waals surface area contributed by atoms with Crippen LogP contribution < -0.4 is 10.6 Å². The second-order valence-electron chi connectivity index (χ2n) is 4.88. The van der Waals surface area contributed by atoms with E-state index in [4.69, 9.17) is 11.6 Å². The van der Waals surface area contributed by atoms with E-state index in [9.17, 15) is 31.1 Å². The van der Waals surface area contributed by atoms with Crippen LogP contribution in [0, 0.1) is 0 Å². The molecule has 3 nitrogen and oxygen atoms in total. The number of hydrogen-bond acceptors (Lipinski definition) is 1. The maximum Gasteiger partial charge on any atom is 0.416 e. The van der Waals surface area contributed by atoms with Crippen molar-refractivity contribution in [2.45, 2.75) is 12.4 Å². The van der Waals surface area contributed by atoms with E-state index in [-0.39, 0.29) is 11.8 Å². The molecule has 0 saturated carbocycles. The lowest BCUT2D eigenvalue weighted by molar-refractivity contribution is -0.143. The summed E-state index contributed by atoms with van der Waals surface area (Å²) < 4.78 is 76.5. The summed E-state index contributed by atoms with van der Waals surface area (Å²) in [6, 6.07) is 5.52. The van der Waals surface area contributed by atoms with Gasteiger partial charge in [0.1, 0.15) is 0 Å². The van der Waals surface area contributed by atoms with Crippen LogP contribution in [0.3, 0.4) is 0 Å². The zero-order chi connectivity index (χ0) is 18.8. The molecule has 0 bridgehead atoms. The summed E-state index contributed by atoms with van der Waals surface area (Å²) in [7, 11) is 0. The maximum atomic E-state index is 12.7. The number of rotatable bonds is 2. The van der Waals surface area contributed by atoms with Gasteiger partial charge in [0.25, 0.3) is 0 Å². The number of carbonyl (C=O) groups is 1. The van der Waals surface area contributed by atoms with Crippen LogP contribution >= 0.6 is 11.6 Å². The van der Waals surface area contributed by atoms with Crippen molar-refractivity contribution in [2.75, 3.05) is 10.6 Å². The first-order valence-corrected chi connectivity index (χ1v) is 6.96. The molecule has 2 rings (SSSR count). The summed E-state index contributed by atoms with van der Waals surface area (Å²) in [5.74, 6) is 0. The predicted molar refractivity (Wildman–Crippen MR) is 80.5 cm³/mol. The van der Waals surface area contributed by atoms with Gasteiger partial charge in [0, 0.05) is 16.4 Å². The largest absolute Gasteiger partial charge is 0.416 e. The molecule has 0 heterocycles. The predicted octanol–water partition coefficient (Wildman–Crippen LogP) is 6.02. The van der Waals surface area contributed by atoms with E-state index in [1.165, 1.54) is 24.3 Å². The van der Waals surface area contributed by atoms with Crippen molar-refractivity contribution in [3.8, 4) is 0 Å². The molecular weight excluding hydrogens is 374 g/mol. The van der Waals surface area contributed by atoms with Gasteiger partial charge in [-0.3, -0.25) is 0 Å². The molecule has 2 N–H and O–H groups in total. The fourth-order valence-electron chi connectivity index (χ4n) is 1.85. The fraction of sp³-hybridized carbons (Fsp3) is 0.133. The van der Waals surface area contributed by atoms with Crippen molar-refractivity contribution < 1.29 is 31.1 Å². The molecule has 0 saturated heterocycles. The molecule has 134 valence electrons. The molecule has 2 amide bonds. The molecule has 25 heavy (non-hydrogen) atoms. The molecule has 2 aromatic rings. The average Bonchev–Trinajstić information content (AvgIpc) is 2.47. The third-order valence-corrected chi connectivity index (χ3v) is 3.20. The zero-order valence-electron chi connectivity index (χ0n) is 12.1. The van der Waals surface area contributed by atoms with E-state index in [0.717, 1.165) is 0 Å². The summed E-state index contributed by atoms with van der Waals surface area (Å²) in [4.78, 5) is 11.8. The third kappa shape index (κ3) is 5.28. The number of benzene rings is 2. The number of amides is 2. The Bertz CT molecular complexity index is 739. The molecular formula is C15H9ClF6N2O. The normalized spacial score (nSPS) is 12.0. The fourth-order valence-corrected chi connectivity index (χ4v) is 1.98. The van der Waals surface area contributed by atoms with Crippen molar-refractivity contribution in [1.82, 2.24) is 0 Å². The Morgan fingerprint density at radius 1 is 0.760 bits per heavy atom. The lowest BCUT2D eigenvalue weighted by atomic mass is 10.1. The van der Waals surface area contributed by atoms with E-state index in [2.05, 4.69) is 5.32 Å². The van der Waals surface area contributed by atoms with Gasteiger partial charge >= 0.3 is 18.4 Å². The Morgan fingerprint density at radius 2 is 1.20 bits per heavy atom. The molecule has 0 aliphatic heterocycles. The standard InChI is InChI=1S/C15H9ClF6N2O/c16-10-1-3-11(4-2-10)23-13(25)24-12-6-8(14(17,18)19)5-9(7-12)15(20,21)22/h1-7H,(H2,23,24,25). The van der Waals surface area contributed by atoms with E-state index in [1.54, 1.807) is 0 Å². The van der Waals surface area contributed by atoms with Gasteiger partial charge in [-0.25, -0.2) is 4.79 Å². The van der Waals surface area contributed by atoms with Crippen LogP contribution in [0.25, 0.3) is 0 Å². The highest BCUT2D eigenvalue weighted by molar-refractivity contribution is 6.30. The molecule has 0 radical (unpaired) electrons. The Hall–Kier alpha value is -2.42. The number of anilines is 2. The molecule has 10 heteroatoms. The van der Waals surface area contributed by atoms with Gasteiger partial charge in [0.15, 0.2) is 0 Å². The molecule has 2 aromatic carbocycles. The highest BCUT2D eigenvalue weighted by Crippen LogP contribution is 2.37. The highest BCUT2D eigenvalue weighted by Gasteiger charge is 2.37. The van der Waals surface area contributed by atoms with E-state index in [1.807, 2.05) is 5.32 Å². The van der Waals surface area contributed by atoms with Crippen LogP contribution in [0.15, 0.2) is 42.5 Å². The van der Waals surface area contributed by atoms with Crippen molar-refractivity contribution >= 4 is 29.0 Å². The molecule has 0 aromatic heterocycles. The first-order valence-electron chi connectivity index (χ1n) is 6.58. The van der Waals surface area contributed by atoms with E-state index >= 15 is 0 Å². The van der Waals surface area contributed by atoms with Crippen molar-refractivity contribution in [1.29, 1.82) is 0 Å². The molecule has 0 fully saturated rings. The number of alkyl halides is 6. The zero-order valence-corrected chi connectivity index (χ0v) is 12.9. The van der Waals surface area contributed by atoms with Crippen LogP contribution in [0.2, 0.25) is 5.02 Å². The Labute approximate surface area is 142 Å². The van der Waals surface area contributed by atoms with Gasteiger partial charge in [0.05, 0.1) is 11.1 Å². The number of hydrogen-bond donors (Lipinski definition) is 2. The van der Waals surface area contributed by atoms with E-state index in [0.29, 0.717) is 17.2 Å². The molecule has 0 aliphatic rings. The van der Waals surface area contributed by atoms with E-state index < -0.39 is 35.2 Å². The van der Waals surface area contributed by atoms with Crippen molar-refractivity contribution in [3.05, 3.63) is 58.6 Å². The van der Waals surface area contributed by atoms with Gasteiger partial charge in [-0.05, 0) is 42.5 Å². The molecule has 0 aliphatic carbocycles. The van der Waals surface area contributed by atoms with Crippen LogP contribution in [0.4, 0.5) is 42.5 Å². The second kappa shape index (κ2) is 6.83. The third-order valence-electron chi connectivity index (χ3n) is 2.95. The minimum atomic E-state index is -5.00. The summed E-state index contributed by atoms with van der Waals surface area (Å²) in [6.07, 6.45) is -9.99. The molecule has 0 atom stereocenters. The van der Waals surface area contributed by atoms with Crippen LogP contribution in [0.1, 0.15) is 11.1 Å². The number of urea groups is 1. The number of nitrogens with one attached hydrogen (secondary N) is 2. The second-order valence-corrected chi connectivity index (χ2v) is 5.32. The number of halogens is 7. The Balaban J connectivity index is 2.25. The first-order chi connectivity index (χ1) is 11.4. The summed E-state index contributed by atoms with van der Waals surface area (Å²) in [5, 5.41) is 4.60. The number of carbonyl (C=O) groups excluding carboxylic acids is 1. The highest BCUT2D eigenvalue weighted by atomic mass is 35.5. The average molecular weight is 383 g/mol. The lowest BCUT2D eigenvalue weighted by Gasteiger charge is -2.15. The smallest absolute Gasteiger partial charge is 0.308 e. The Morgan fingerprint density at radius 3 is 1.64 bits per heavy atom. The summed E-state index contributed by atoms with van der Waals surface area (Å²) in [5.41, 5.74) is -3.44. The van der Waals surface area contributed by atoms with Crippen molar-refractivity contribution in [3.63, 3.8) is 0 Å². The monoisotopic (exact) mass is 382 g/mol. The van der Waals surface area contributed by atoms with Gasteiger partial charge in [-0.1, -0.05) is 11.6 Å². The molecule has 0 unspecified atom stereocenters. The quantitative estimate of drug-likeness (QED) is 0.612. The topological polar surface area (TPSA) is 41.1 Å². The minimum absolute atomic E-state index is 0.0255. The Kier molecular flexibility index (Phi) is 5.17. The van der Waals surface area contributed by atoms with Gasteiger partial charge in [0.2, 0.25) is 0 Å². The van der Waals surface area contributed by atoms with Crippen LogP contribution in [-0.4, -0.2) is 6.03 Å². The molecule has 0 spiro atoms. The van der Waals surface area contributed by atoms with Crippen molar-refractivity contribution in [2.24, 2.45) is 0 Å². The maximum absolute atomic E-state index is 12.7. The van der Waals surface area contributed by atoms with Gasteiger partial charge in [-0.2, -0.15) is 26.3 Å². The van der Waals surface area contributed by atoms with Crippen LogP contribution in [-0.2, 0) is 12.4 Å². The first kappa shape index (κ1) is 18.9. The SMILES string of the molecule is O=C(Nc1ccc(Cl)cc1)Nc1cc(C(F)(F)F)cc(C(F)(F)F)c1. The minimum Gasteiger partial charge on any atom is -0.308 e. The lowest BCUT2D eigenvalue weighted by Crippen LogP contribution is -2.20. The summed E-state index contributed by atoms with van der Waals surface area (Å²) >= 11 is 5.66. The van der Waals surface area contributed by atoms with Gasteiger partial charge < -0.3 is 10.6 Å². The summed E-state index contributed by atoms with van der Waals surface area (Å²) in [6.45, 7) is 0. The van der Waals surface area contributed by atoms with Crippen LogP contribution in [0.5, 0.6) is 0 Å². The van der Waals surface area contributed by atoms with Gasteiger partial charge in [-0.15, -0.1) is 0 Å².